The number of aryl methyl sites for hydroxylation is 4. The fraction of sp³-hybridized carbons (Fsp3) is 0.796. The van der Waals surface area contributed by atoms with Gasteiger partial charge in [-0.25, -0.2) is 4.57 Å². The first-order valence-electron chi connectivity index (χ1n) is 24.0. The zero-order valence-electron chi connectivity index (χ0n) is 39.8. The van der Waals surface area contributed by atoms with Crippen LogP contribution in [0, 0.1) is 27.7 Å². The second-order valence-corrected chi connectivity index (χ2v) is 18.9. The molecule has 0 aromatic carbocycles. The van der Waals surface area contributed by atoms with E-state index in [0.29, 0.717) is 19.4 Å². The number of nitrogens with zero attached hydrogens (tertiary/aromatic N) is 1. The van der Waals surface area contributed by atoms with Gasteiger partial charge in [-0.1, -0.05) is 104 Å². The summed E-state index contributed by atoms with van der Waals surface area (Å²) in [6.07, 6.45) is 25.1. The average Bonchev–Trinajstić information content (AvgIpc) is 3.65. The Labute approximate surface area is 370 Å². The minimum absolute atomic E-state index is 0.00597. The van der Waals surface area contributed by atoms with Crippen LogP contribution in [0.5, 0.6) is 0 Å². The molecular formula is C49H86NO10P. The van der Waals surface area contributed by atoms with Crippen molar-refractivity contribution in [3.05, 3.63) is 45.3 Å². The highest BCUT2D eigenvalue weighted by Gasteiger charge is 2.26. The quantitative estimate of drug-likeness (QED) is 0.0392. The van der Waals surface area contributed by atoms with Gasteiger partial charge < -0.3 is 28.1 Å². The normalized spacial score (nSPS) is 13.2. The number of unbranched alkanes of at least 4 members (excludes halogenated alkanes) is 16. The number of rotatable bonds is 38. The first-order chi connectivity index (χ1) is 29.3. The number of phosphoric acid groups is 1. The van der Waals surface area contributed by atoms with Crippen LogP contribution in [-0.2, 0) is 58.4 Å². The molecule has 2 aromatic rings. The molecule has 2 aromatic heterocycles. The van der Waals surface area contributed by atoms with Crippen molar-refractivity contribution in [1.29, 1.82) is 0 Å². The molecule has 2 atom stereocenters. The molecule has 0 saturated heterocycles. The van der Waals surface area contributed by atoms with E-state index in [1.165, 1.54) is 79.4 Å². The molecule has 352 valence electrons. The van der Waals surface area contributed by atoms with E-state index in [1.54, 1.807) is 0 Å². The van der Waals surface area contributed by atoms with Crippen molar-refractivity contribution in [2.24, 2.45) is 0 Å². The Morgan fingerprint density at radius 3 is 1.34 bits per heavy atom. The topological polar surface area (TPSA) is 138 Å². The summed E-state index contributed by atoms with van der Waals surface area (Å²) in [7, 11) is -0.749. The van der Waals surface area contributed by atoms with Gasteiger partial charge in [-0.2, -0.15) is 0 Å². The van der Waals surface area contributed by atoms with E-state index in [-0.39, 0.29) is 26.1 Å². The Kier molecular flexibility index (Phi) is 28.9. The summed E-state index contributed by atoms with van der Waals surface area (Å²) in [5, 5.41) is 0. The van der Waals surface area contributed by atoms with E-state index in [0.717, 1.165) is 107 Å². The maximum atomic E-state index is 12.8. The van der Waals surface area contributed by atoms with Gasteiger partial charge in [-0.05, 0) is 103 Å². The number of hydrogen-bond acceptors (Lipinski definition) is 10. The molecule has 12 heteroatoms. The number of ether oxygens (including phenoxy) is 2. The standard InChI is InChI=1S/C49H86NO10P/c1-9-11-23-29-44-39(3)41(5)46(59-44)31-25-19-15-13-14-16-22-28-34-49(52)58-43(38-57-61(53,54)56-36-35-50(7)8)37-55-48(51)33-27-21-18-17-20-26-32-47-42(6)40(4)45(60-47)30-24-12-10-2/h43H,9-38H2,1-8H3,(H,53,54)/t43-/m1/s1. The molecule has 0 fully saturated rings. The summed E-state index contributed by atoms with van der Waals surface area (Å²) < 4.78 is 46.2. The van der Waals surface area contributed by atoms with Crippen molar-refractivity contribution in [3.8, 4) is 0 Å². The smallest absolute Gasteiger partial charge is 0.466 e. The predicted molar refractivity (Wildman–Crippen MR) is 245 cm³/mol. The summed E-state index contributed by atoms with van der Waals surface area (Å²) in [5.74, 6) is 3.77. The van der Waals surface area contributed by atoms with Gasteiger partial charge in [0.25, 0.3) is 0 Å². The van der Waals surface area contributed by atoms with Gasteiger partial charge in [0.05, 0.1) is 13.2 Å². The van der Waals surface area contributed by atoms with Crippen LogP contribution in [0.4, 0.5) is 0 Å². The largest absolute Gasteiger partial charge is 0.472 e. The molecule has 0 aliphatic heterocycles. The third-order valence-corrected chi connectivity index (χ3v) is 12.8. The first-order valence-corrected chi connectivity index (χ1v) is 25.5. The molecule has 1 unspecified atom stereocenters. The van der Waals surface area contributed by atoms with Crippen molar-refractivity contribution in [1.82, 2.24) is 4.90 Å². The maximum absolute atomic E-state index is 12.8. The molecule has 0 amide bonds. The number of likely N-dealkylation sites (N-methyl/N-ethyl adjacent to an activating group) is 1. The van der Waals surface area contributed by atoms with Crippen molar-refractivity contribution >= 4 is 19.8 Å². The van der Waals surface area contributed by atoms with Gasteiger partial charge in [-0.3, -0.25) is 18.6 Å². The molecule has 0 aliphatic rings. The summed E-state index contributed by atoms with van der Waals surface area (Å²) in [6, 6.07) is 0. The molecule has 0 saturated carbocycles. The fourth-order valence-corrected chi connectivity index (χ4v) is 8.26. The van der Waals surface area contributed by atoms with Crippen molar-refractivity contribution in [3.63, 3.8) is 0 Å². The second kappa shape index (κ2) is 32.3. The van der Waals surface area contributed by atoms with Crippen LogP contribution in [0.1, 0.15) is 200 Å². The number of phosphoric ester groups is 1. The van der Waals surface area contributed by atoms with Gasteiger partial charge in [0.2, 0.25) is 0 Å². The summed E-state index contributed by atoms with van der Waals surface area (Å²) in [6.45, 7) is 12.9. The predicted octanol–water partition coefficient (Wildman–Crippen LogP) is 12.7. The van der Waals surface area contributed by atoms with Crippen LogP contribution in [-0.4, -0.2) is 68.3 Å². The van der Waals surface area contributed by atoms with Gasteiger partial charge in [0, 0.05) is 45.1 Å². The van der Waals surface area contributed by atoms with E-state index in [1.807, 2.05) is 19.0 Å². The van der Waals surface area contributed by atoms with Gasteiger partial charge in [0.1, 0.15) is 29.6 Å². The molecule has 61 heavy (non-hydrogen) atoms. The highest BCUT2D eigenvalue weighted by atomic mass is 31.2. The number of hydrogen-bond donors (Lipinski definition) is 1. The number of esters is 2. The number of furan rings is 2. The Bertz CT molecular complexity index is 1530. The third-order valence-electron chi connectivity index (χ3n) is 11.8. The van der Waals surface area contributed by atoms with E-state index >= 15 is 0 Å². The molecule has 1 N–H and O–H groups in total. The van der Waals surface area contributed by atoms with Gasteiger partial charge in [-0.15, -0.1) is 0 Å². The summed E-state index contributed by atoms with van der Waals surface area (Å²) in [5.41, 5.74) is 5.26. The van der Waals surface area contributed by atoms with Crippen LogP contribution in [0.3, 0.4) is 0 Å². The lowest BCUT2D eigenvalue weighted by atomic mass is 10.0. The van der Waals surface area contributed by atoms with Crippen LogP contribution in [0.2, 0.25) is 0 Å². The lowest BCUT2D eigenvalue weighted by Gasteiger charge is -2.20. The average molecular weight is 880 g/mol. The van der Waals surface area contributed by atoms with Crippen LogP contribution < -0.4 is 0 Å². The summed E-state index contributed by atoms with van der Waals surface area (Å²) in [4.78, 5) is 37.4. The molecule has 0 spiro atoms. The highest BCUT2D eigenvalue weighted by Crippen LogP contribution is 2.43. The Hall–Kier alpha value is -2.43. The maximum Gasteiger partial charge on any atom is 0.472 e. The number of carbonyl (C=O) groups excluding carboxylic acids is 2. The summed E-state index contributed by atoms with van der Waals surface area (Å²) >= 11 is 0. The SMILES string of the molecule is CCCCCc1oc(CCCCCCCCCCC(=O)O[C@H](COC(=O)CCCCCCCCc2oc(CCCCC)c(C)c2C)COP(=O)(O)OCCN(C)C)c(C)c1C. The lowest BCUT2D eigenvalue weighted by Crippen LogP contribution is -2.29. The lowest BCUT2D eigenvalue weighted by molar-refractivity contribution is -0.161. The van der Waals surface area contributed by atoms with Gasteiger partial charge >= 0.3 is 19.8 Å². The zero-order valence-corrected chi connectivity index (χ0v) is 40.7. The molecule has 2 heterocycles. The van der Waals surface area contributed by atoms with Crippen molar-refractivity contribution in [2.45, 2.75) is 215 Å². The first kappa shape index (κ1) is 54.7. The van der Waals surface area contributed by atoms with E-state index < -0.39 is 32.5 Å². The second-order valence-electron chi connectivity index (χ2n) is 17.5. The number of carbonyl (C=O) groups is 2. The Balaban J connectivity index is 1.65. The third kappa shape index (κ3) is 24.3. The van der Waals surface area contributed by atoms with Crippen molar-refractivity contribution in [2.75, 3.05) is 40.5 Å². The van der Waals surface area contributed by atoms with E-state index in [9.17, 15) is 19.0 Å². The van der Waals surface area contributed by atoms with Crippen LogP contribution in [0.25, 0.3) is 0 Å². The minimum atomic E-state index is -4.39. The minimum Gasteiger partial charge on any atom is -0.466 e. The van der Waals surface area contributed by atoms with E-state index in [2.05, 4.69) is 41.5 Å². The Morgan fingerprint density at radius 1 is 0.557 bits per heavy atom. The van der Waals surface area contributed by atoms with Crippen LogP contribution in [0.15, 0.2) is 8.83 Å². The van der Waals surface area contributed by atoms with E-state index in [4.69, 9.17) is 27.4 Å². The molecule has 0 bridgehead atoms. The monoisotopic (exact) mass is 880 g/mol. The Morgan fingerprint density at radius 2 is 0.934 bits per heavy atom. The molecule has 0 radical (unpaired) electrons. The molecule has 0 aliphatic carbocycles. The molecule has 11 nitrogen and oxygen atoms in total. The highest BCUT2D eigenvalue weighted by molar-refractivity contribution is 7.47. The van der Waals surface area contributed by atoms with Crippen molar-refractivity contribution < 1.29 is 46.4 Å². The fourth-order valence-electron chi connectivity index (χ4n) is 7.52. The van der Waals surface area contributed by atoms with Gasteiger partial charge in [0.15, 0.2) is 6.10 Å². The zero-order chi connectivity index (χ0) is 44.9. The van der Waals surface area contributed by atoms with Crippen LogP contribution >= 0.6 is 7.82 Å². The molecule has 2 rings (SSSR count). The molecular weight excluding hydrogens is 794 g/mol.